The van der Waals surface area contributed by atoms with E-state index in [2.05, 4.69) is 22.6 Å². The van der Waals surface area contributed by atoms with Crippen molar-refractivity contribution < 1.29 is 4.74 Å². The normalized spacial score (nSPS) is 18.1. The molecule has 1 atom stereocenters. The predicted molar refractivity (Wildman–Crippen MR) is 61.8 cm³/mol. The van der Waals surface area contributed by atoms with Crippen molar-refractivity contribution in [1.82, 2.24) is 10.3 Å². The number of nitrogens with zero attached hydrogens (tertiary/aromatic N) is 1. The van der Waals surface area contributed by atoms with Crippen LogP contribution < -0.4 is 5.32 Å². The Morgan fingerprint density at radius 3 is 3.20 bits per heavy atom. The molecule has 0 saturated heterocycles. The molecule has 0 saturated carbocycles. The minimum Gasteiger partial charge on any atom is -0.501 e. The summed E-state index contributed by atoms with van der Waals surface area (Å²) in [5, 5.41) is 5.55. The van der Waals surface area contributed by atoms with E-state index in [4.69, 9.17) is 4.74 Å². The first-order valence-corrected chi connectivity index (χ1v) is 6.28. The highest BCUT2D eigenvalue weighted by atomic mass is 32.1. The van der Waals surface area contributed by atoms with Gasteiger partial charge in [-0.15, -0.1) is 11.3 Å². The summed E-state index contributed by atoms with van der Waals surface area (Å²) >= 11 is 1.64. The Morgan fingerprint density at radius 1 is 1.67 bits per heavy atom. The zero-order valence-electron chi connectivity index (χ0n) is 8.90. The number of aromatic nitrogens is 1. The van der Waals surface area contributed by atoms with Crippen LogP contribution in [0.15, 0.2) is 22.7 Å². The monoisotopic (exact) mass is 224 g/mol. The second-order valence-electron chi connectivity index (χ2n) is 3.57. The number of hydrogen-bond acceptors (Lipinski definition) is 4. The first-order valence-electron chi connectivity index (χ1n) is 5.34. The molecule has 4 heteroatoms. The molecule has 15 heavy (non-hydrogen) atoms. The highest BCUT2D eigenvalue weighted by Crippen LogP contribution is 2.27. The molecule has 1 aliphatic rings. The van der Waals surface area contributed by atoms with Crippen molar-refractivity contribution in [1.29, 1.82) is 0 Å². The van der Waals surface area contributed by atoms with Crippen LogP contribution in [0.2, 0.25) is 0 Å². The number of nitrogens with one attached hydrogen (secondary N) is 1. The maximum absolute atomic E-state index is 5.38. The van der Waals surface area contributed by atoms with E-state index in [1.54, 1.807) is 11.3 Å². The smallest absolute Gasteiger partial charge is 0.0876 e. The van der Waals surface area contributed by atoms with Crippen molar-refractivity contribution in [3.8, 4) is 0 Å². The van der Waals surface area contributed by atoms with Gasteiger partial charge in [0.2, 0.25) is 0 Å². The van der Waals surface area contributed by atoms with Gasteiger partial charge < -0.3 is 10.1 Å². The molecule has 2 rings (SSSR count). The summed E-state index contributed by atoms with van der Waals surface area (Å²) in [6, 6.07) is 0.238. The first-order chi connectivity index (χ1) is 7.42. The Morgan fingerprint density at radius 2 is 2.60 bits per heavy atom. The lowest BCUT2D eigenvalue weighted by Crippen LogP contribution is -2.24. The van der Waals surface area contributed by atoms with Gasteiger partial charge in [0.15, 0.2) is 0 Å². The van der Waals surface area contributed by atoms with Crippen LogP contribution in [0.5, 0.6) is 0 Å². The molecule has 2 heterocycles. The second kappa shape index (κ2) is 5.28. The SMILES string of the molecule is CCNC(C1=COCCC1)c1cscn1. The van der Waals surface area contributed by atoms with Crippen LogP contribution in [0.25, 0.3) is 0 Å². The predicted octanol–water partition coefficient (Wildman–Crippen LogP) is 2.49. The Hall–Kier alpha value is -0.870. The van der Waals surface area contributed by atoms with Crippen molar-refractivity contribution in [3.05, 3.63) is 28.4 Å². The van der Waals surface area contributed by atoms with Crippen molar-refractivity contribution >= 4 is 11.3 Å². The van der Waals surface area contributed by atoms with Gasteiger partial charge in [-0.3, -0.25) is 0 Å². The summed E-state index contributed by atoms with van der Waals surface area (Å²) < 4.78 is 5.38. The quantitative estimate of drug-likeness (QED) is 0.853. The summed E-state index contributed by atoms with van der Waals surface area (Å²) in [5.74, 6) is 0. The Balaban J connectivity index is 2.15. The van der Waals surface area contributed by atoms with E-state index < -0.39 is 0 Å². The molecule has 0 spiro atoms. The number of ether oxygens (including phenoxy) is 1. The van der Waals surface area contributed by atoms with Crippen LogP contribution >= 0.6 is 11.3 Å². The van der Waals surface area contributed by atoms with Crippen LogP contribution in [0.4, 0.5) is 0 Å². The van der Waals surface area contributed by atoms with Crippen LogP contribution in [0, 0.1) is 0 Å². The van der Waals surface area contributed by atoms with E-state index in [1.165, 1.54) is 5.57 Å². The molecule has 0 radical (unpaired) electrons. The summed E-state index contributed by atoms with van der Waals surface area (Å²) in [6.07, 6.45) is 4.11. The van der Waals surface area contributed by atoms with E-state index >= 15 is 0 Å². The molecular formula is C11H16N2OS. The third kappa shape index (κ3) is 2.58. The maximum atomic E-state index is 5.38. The third-order valence-corrected chi connectivity index (χ3v) is 3.09. The summed E-state index contributed by atoms with van der Waals surface area (Å²) in [7, 11) is 0. The largest absolute Gasteiger partial charge is 0.501 e. The minimum absolute atomic E-state index is 0.238. The molecule has 1 N–H and O–H groups in total. The Labute approximate surface area is 94.2 Å². The number of thiazole rings is 1. The molecule has 3 nitrogen and oxygen atoms in total. The van der Waals surface area contributed by atoms with Gasteiger partial charge in [0.05, 0.1) is 30.1 Å². The molecular weight excluding hydrogens is 208 g/mol. The molecule has 0 bridgehead atoms. The van der Waals surface area contributed by atoms with Crippen LogP contribution in [0.3, 0.4) is 0 Å². The van der Waals surface area contributed by atoms with Crippen LogP contribution in [0.1, 0.15) is 31.5 Å². The van der Waals surface area contributed by atoms with Crippen LogP contribution in [-0.2, 0) is 4.74 Å². The van der Waals surface area contributed by atoms with E-state index in [-0.39, 0.29) is 6.04 Å². The van der Waals surface area contributed by atoms with E-state index in [0.29, 0.717) is 0 Å². The number of hydrogen-bond donors (Lipinski definition) is 1. The molecule has 0 amide bonds. The lowest BCUT2D eigenvalue weighted by Gasteiger charge is -2.22. The van der Waals surface area contributed by atoms with Gasteiger partial charge >= 0.3 is 0 Å². The zero-order chi connectivity index (χ0) is 10.5. The average molecular weight is 224 g/mol. The lowest BCUT2D eigenvalue weighted by molar-refractivity contribution is 0.219. The topological polar surface area (TPSA) is 34.1 Å². The fourth-order valence-corrected chi connectivity index (χ4v) is 2.37. The highest BCUT2D eigenvalue weighted by Gasteiger charge is 2.19. The standard InChI is InChI=1S/C11H16N2OS/c1-2-12-11(10-7-15-8-13-10)9-4-3-5-14-6-9/h6-8,11-12H,2-5H2,1H3. The van der Waals surface area contributed by atoms with Gasteiger partial charge in [-0.2, -0.15) is 0 Å². The fraction of sp³-hybridized carbons (Fsp3) is 0.545. The summed E-state index contributed by atoms with van der Waals surface area (Å²) in [5.41, 5.74) is 4.30. The van der Waals surface area contributed by atoms with Crippen molar-refractivity contribution in [2.45, 2.75) is 25.8 Å². The van der Waals surface area contributed by atoms with Crippen molar-refractivity contribution in [3.63, 3.8) is 0 Å². The minimum atomic E-state index is 0.238. The fourth-order valence-electron chi connectivity index (χ4n) is 1.79. The highest BCUT2D eigenvalue weighted by molar-refractivity contribution is 7.07. The zero-order valence-corrected chi connectivity index (χ0v) is 9.72. The molecule has 0 fully saturated rings. The van der Waals surface area contributed by atoms with Gasteiger partial charge in [-0.05, 0) is 25.0 Å². The number of likely N-dealkylation sites (N-methyl/N-ethyl adjacent to an activating group) is 1. The van der Waals surface area contributed by atoms with Gasteiger partial charge in [0.1, 0.15) is 0 Å². The molecule has 1 aliphatic heterocycles. The van der Waals surface area contributed by atoms with E-state index in [0.717, 1.165) is 31.7 Å². The van der Waals surface area contributed by atoms with Crippen molar-refractivity contribution in [2.75, 3.05) is 13.2 Å². The van der Waals surface area contributed by atoms with Gasteiger partial charge in [-0.1, -0.05) is 6.92 Å². The van der Waals surface area contributed by atoms with Crippen LogP contribution in [-0.4, -0.2) is 18.1 Å². The second-order valence-corrected chi connectivity index (χ2v) is 4.29. The molecule has 1 unspecified atom stereocenters. The van der Waals surface area contributed by atoms with Gasteiger partial charge in [-0.25, -0.2) is 4.98 Å². The van der Waals surface area contributed by atoms with Crippen molar-refractivity contribution in [2.24, 2.45) is 0 Å². The van der Waals surface area contributed by atoms with Gasteiger partial charge in [0.25, 0.3) is 0 Å². The number of rotatable bonds is 4. The van der Waals surface area contributed by atoms with E-state index in [9.17, 15) is 0 Å². The van der Waals surface area contributed by atoms with Gasteiger partial charge in [0, 0.05) is 5.38 Å². The Bertz CT molecular complexity index is 321. The molecule has 82 valence electrons. The molecule has 1 aromatic rings. The summed E-state index contributed by atoms with van der Waals surface area (Å²) in [4.78, 5) is 4.37. The molecule has 0 aliphatic carbocycles. The summed E-state index contributed by atoms with van der Waals surface area (Å²) in [6.45, 7) is 3.91. The third-order valence-electron chi connectivity index (χ3n) is 2.49. The first kappa shape index (κ1) is 10.6. The Kier molecular flexibility index (Phi) is 3.75. The lowest BCUT2D eigenvalue weighted by atomic mass is 10.00. The van der Waals surface area contributed by atoms with E-state index in [1.807, 2.05) is 11.8 Å². The molecule has 1 aromatic heterocycles. The maximum Gasteiger partial charge on any atom is 0.0876 e. The average Bonchev–Trinajstić information content (AvgIpc) is 2.80. The molecule has 0 aromatic carbocycles.